The number of anilines is 1. The lowest BCUT2D eigenvalue weighted by Gasteiger charge is -2.15. The molecule has 1 aliphatic rings. The number of carbonyl (C=O) groups excluding carboxylic acids is 1. The molecule has 1 aromatic rings. The molecule has 1 aliphatic heterocycles. The fourth-order valence-corrected chi connectivity index (χ4v) is 2.53. The van der Waals surface area contributed by atoms with E-state index in [0.29, 0.717) is 23.9 Å². The van der Waals surface area contributed by atoms with Crippen molar-refractivity contribution in [2.45, 2.75) is 13.0 Å². The van der Waals surface area contributed by atoms with Crippen LogP contribution in [-0.2, 0) is 9.53 Å². The van der Waals surface area contributed by atoms with Crippen LogP contribution in [-0.4, -0.2) is 25.2 Å². The van der Waals surface area contributed by atoms with E-state index in [2.05, 4.69) is 21.2 Å². The SMILES string of the molecule is Cc1cc(Br)c(NC(=O)C2COCC2N)cc1Cl. The molecule has 1 heterocycles. The number of nitrogens with one attached hydrogen (secondary N) is 1. The molecule has 0 bridgehead atoms. The Morgan fingerprint density at radius 3 is 2.89 bits per heavy atom. The number of nitrogens with two attached hydrogens (primary N) is 1. The van der Waals surface area contributed by atoms with E-state index in [1.165, 1.54) is 0 Å². The van der Waals surface area contributed by atoms with Crippen LogP contribution in [0.3, 0.4) is 0 Å². The van der Waals surface area contributed by atoms with Gasteiger partial charge in [-0.15, -0.1) is 0 Å². The molecule has 3 N–H and O–H groups in total. The fourth-order valence-electron chi connectivity index (χ4n) is 1.81. The van der Waals surface area contributed by atoms with Gasteiger partial charge in [0.05, 0.1) is 24.8 Å². The molecule has 2 atom stereocenters. The monoisotopic (exact) mass is 332 g/mol. The predicted octanol–water partition coefficient (Wildman–Crippen LogP) is 2.32. The van der Waals surface area contributed by atoms with Gasteiger partial charge < -0.3 is 15.8 Å². The van der Waals surface area contributed by atoms with Gasteiger partial charge in [-0.1, -0.05) is 11.6 Å². The molecule has 1 fully saturated rings. The molecular weight excluding hydrogens is 320 g/mol. The molecule has 0 radical (unpaired) electrons. The zero-order valence-corrected chi connectivity index (χ0v) is 12.2. The minimum absolute atomic E-state index is 0.138. The van der Waals surface area contributed by atoms with Crippen LogP contribution < -0.4 is 11.1 Å². The van der Waals surface area contributed by atoms with E-state index in [1.807, 2.05) is 13.0 Å². The predicted molar refractivity (Wildman–Crippen MR) is 74.8 cm³/mol. The summed E-state index contributed by atoms with van der Waals surface area (Å²) < 4.78 is 5.97. The molecule has 4 nitrogen and oxygen atoms in total. The molecule has 0 saturated carbocycles. The highest BCUT2D eigenvalue weighted by atomic mass is 79.9. The lowest BCUT2D eigenvalue weighted by atomic mass is 10.0. The van der Waals surface area contributed by atoms with Crippen molar-refractivity contribution in [2.75, 3.05) is 18.5 Å². The minimum atomic E-state index is -0.308. The van der Waals surface area contributed by atoms with Gasteiger partial charge >= 0.3 is 0 Å². The normalized spacial score (nSPS) is 23.1. The quantitative estimate of drug-likeness (QED) is 0.873. The van der Waals surface area contributed by atoms with Gasteiger partial charge in [-0.2, -0.15) is 0 Å². The Hall–Kier alpha value is -0.620. The first kappa shape index (κ1) is 13.8. The molecule has 1 saturated heterocycles. The van der Waals surface area contributed by atoms with Crippen LogP contribution in [0.25, 0.3) is 0 Å². The Bertz CT molecular complexity index is 481. The number of halogens is 2. The molecule has 18 heavy (non-hydrogen) atoms. The van der Waals surface area contributed by atoms with Crippen molar-refractivity contribution < 1.29 is 9.53 Å². The lowest BCUT2D eigenvalue weighted by Crippen LogP contribution is -2.37. The second kappa shape index (κ2) is 5.57. The molecule has 6 heteroatoms. The molecule has 98 valence electrons. The Labute approximate surface area is 119 Å². The van der Waals surface area contributed by atoms with E-state index >= 15 is 0 Å². The highest BCUT2D eigenvalue weighted by molar-refractivity contribution is 9.10. The van der Waals surface area contributed by atoms with E-state index in [1.54, 1.807) is 6.07 Å². The van der Waals surface area contributed by atoms with Crippen molar-refractivity contribution in [2.24, 2.45) is 11.7 Å². The molecular formula is C12H14BrClN2O2. The lowest BCUT2D eigenvalue weighted by molar-refractivity contribution is -0.120. The van der Waals surface area contributed by atoms with Crippen molar-refractivity contribution in [3.05, 3.63) is 27.2 Å². The molecule has 0 aliphatic carbocycles. The van der Waals surface area contributed by atoms with Crippen molar-refractivity contribution in [1.82, 2.24) is 0 Å². The number of hydrogen-bond donors (Lipinski definition) is 2. The van der Waals surface area contributed by atoms with Crippen LogP contribution in [0.4, 0.5) is 5.69 Å². The summed E-state index contributed by atoms with van der Waals surface area (Å²) in [5, 5.41) is 3.43. The third-order valence-corrected chi connectivity index (χ3v) is 4.03. The maximum absolute atomic E-state index is 12.0. The van der Waals surface area contributed by atoms with Gasteiger partial charge in [0.1, 0.15) is 0 Å². The third-order valence-electron chi connectivity index (χ3n) is 2.97. The van der Waals surface area contributed by atoms with Crippen LogP contribution in [0.15, 0.2) is 16.6 Å². The summed E-state index contributed by atoms with van der Waals surface area (Å²) in [5.74, 6) is -0.447. The van der Waals surface area contributed by atoms with Crippen LogP contribution in [0.1, 0.15) is 5.56 Å². The third kappa shape index (κ3) is 2.85. The van der Waals surface area contributed by atoms with E-state index in [-0.39, 0.29) is 17.9 Å². The maximum atomic E-state index is 12.0. The number of amides is 1. The molecule has 0 aromatic heterocycles. The summed E-state index contributed by atoms with van der Waals surface area (Å²) in [6.45, 7) is 2.69. The Morgan fingerprint density at radius 1 is 1.56 bits per heavy atom. The Balaban J connectivity index is 2.14. The van der Waals surface area contributed by atoms with E-state index in [0.717, 1.165) is 10.0 Å². The van der Waals surface area contributed by atoms with Gasteiger partial charge in [-0.3, -0.25) is 4.79 Å². The van der Waals surface area contributed by atoms with Crippen LogP contribution >= 0.6 is 27.5 Å². The van der Waals surface area contributed by atoms with Gasteiger partial charge in [-0.25, -0.2) is 0 Å². The summed E-state index contributed by atoms with van der Waals surface area (Å²) >= 11 is 9.43. The van der Waals surface area contributed by atoms with Gasteiger partial charge in [0.25, 0.3) is 0 Å². The second-order valence-corrected chi connectivity index (χ2v) is 5.64. The van der Waals surface area contributed by atoms with E-state index in [4.69, 9.17) is 22.1 Å². The minimum Gasteiger partial charge on any atom is -0.379 e. The number of benzene rings is 1. The summed E-state index contributed by atoms with van der Waals surface area (Å²) in [7, 11) is 0. The molecule has 1 aromatic carbocycles. The zero-order chi connectivity index (χ0) is 13.3. The Kier molecular flexibility index (Phi) is 4.27. The van der Waals surface area contributed by atoms with Crippen LogP contribution in [0.2, 0.25) is 5.02 Å². The summed E-state index contributed by atoms with van der Waals surface area (Å²) in [6, 6.07) is 3.34. The number of hydrogen-bond acceptors (Lipinski definition) is 3. The molecule has 2 rings (SSSR count). The number of ether oxygens (including phenoxy) is 1. The number of rotatable bonds is 2. The van der Waals surface area contributed by atoms with E-state index < -0.39 is 0 Å². The highest BCUT2D eigenvalue weighted by Gasteiger charge is 2.31. The van der Waals surface area contributed by atoms with Gasteiger partial charge in [-0.05, 0) is 40.5 Å². The number of aryl methyl sites for hydroxylation is 1. The van der Waals surface area contributed by atoms with E-state index in [9.17, 15) is 4.79 Å². The van der Waals surface area contributed by atoms with Crippen molar-refractivity contribution in [3.8, 4) is 0 Å². The van der Waals surface area contributed by atoms with Crippen molar-refractivity contribution in [3.63, 3.8) is 0 Å². The summed E-state index contributed by atoms with van der Waals surface area (Å²) in [5.41, 5.74) is 7.40. The fraction of sp³-hybridized carbons (Fsp3) is 0.417. The molecule has 1 amide bonds. The maximum Gasteiger partial charge on any atom is 0.231 e. The zero-order valence-electron chi connectivity index (χ0n) is 9.87. The first-order chi connectivity index (χ1) is 8.49. The van der Waals surface area contributed by atoms with Crippen LogP contribution in [0, 0.1) is 12.8 Å². The second-order valence-electron chi connectivity index (χ2n) is 4.38. The van der Waals surface area contributed by atoms with Gasteiger partial charge in [0, 0.05) is 15.5 Å². The average Bonchev–Trinajstić information content (AvgIpc) is 2.72. The first-order valence-corrected chi connectivity index (χ1v) is 6.76. The standard InChI is InChI=1S/C12H14BrClN2O2/c1-6-2-8(13)11(3-9(6)14)16-12(17)7-4-18-5-10(7)15/h2-3,7,10H,4-5,15H2,1H3,(H,16,17). The molecule has 0 spiro atoms. The van der Waals surface area contributed by atoms with Crippen molar-refractivity contribution >= 4 is 39.1 Å². The van der Waals surface area contributed by atoms with Crippen LogP contribution in [0.5, 0.6) is 0 Å². The summed E-state index contributed by atoms with van der Waals surface area (Å²) in [6.07, 6.45) is 0. The molecule has 2 unspecified atom stereocenters. The summed E-state index contributed by atoms with van der Waals surface area (Å²) in [4.78, 5) is 12.0. The number of carbonyl (C=O) groups is 1. The smallest absolute Gasteiger partial charge is 0.231 e. The van der Waals surface area contributed by atoms with Gasteiger partial charge in [0.2, 0.25) is 5.91 Å². The largest absolute Gasteiger partial charge is 0.379 e. The Morgan fingerprint density at radius 2 is 2.28 bits per heavy atom. The average molecular weight is 334 g/mol. The topological polar surface area (TPSA) is 64.3 Å². The first-order valence-electron chi connectivity index (χ1n) is 5.59. The van der Waals surface area contributed by atoms with Gasteiger partial charge in [0.15, 0.2) is 0 Å². The van der Waals surface area contributed by atoms with Crippen molar-refractivity contribution in [1.29, 1.82) is 0 Å². The highest BCUT2D eigenvalue weighted by Crippen LogP contribution is 2.29.